The maximum absolute atomic E-state index is 12.3. The van der Waals surface area contributed by atoms with Crippen LogP contribution in [-0.4, -0.2) is 18.5 Å². The van der Waals surface area contributed by atoms with E-state index in [1.54, 1.807) is 19.2 Å². The lowest BCUT2D eigenvalue weighted by atomic mass is 9.88. The molecule has 0 spiro atoms. The second kappa shape index (κ2) is 6.55. The van der Waals surface area contributed by atoms with Crippen molar-refractivity contribution in [2.45, 2.75) is 38.7 Å². The van der Waals surface area contributed by atoms with Gasteiger partial charge in [0.05, 0.1) is 10.0 Å². The first-order valence-electron chi connectivity index (χ1n) is 6.01. The van der Waals surface area contributed by atoms with E-state index in [1.807, 2.05) is 19.9 Å². The summed E-state index contributed by atoms with van der Waals surface area (Å²) < 4.78 is 5.42. The van der Waals surface area contributed by atoms with Crippen LogP contribution in [0, 0.1) is 0 Å². The number of carbonyl (C=O) groups is 1. The average Bonchev–Trinajstić information content (AvgIpc) is 2.37. The van der Waals surface area contributed by atoms with Crippen molar-refractivity contribution in [3.05, 3.63) is 33.8 Å². The summed E-state index contributed by atoms with van der Waals surface area (Å²) in [6.45, 7) is 3.92. The molecule has 0 saturated carbocycles. The molecule has 0 saturated heterocycles. The van der Waals surface area contributed by atoms with Crippen LogP contribution in [0.3, 0.4) is 0 Å². The van der Waals surface area contributed by atoms with E-state index >= 15 is 0 Å². The van der Waals surface area contributed by atoms with E-state index in [0.717, 1.165) is 5.56 Å². The average molecular weight is 289 g/mol. The molecule has 0 aliphatic heterocycles. The highest BCUT2D eigenvalue weighted by Crippen LogP contribution is 2.26. The van der Waals surface area contributed by atoms with Crippen LogP contribution in [0.25, 0.3) is 0 Å². The summed E-state index contributed by atoms with van der Waals surface area (Å²) in [5, 5.41) is 0.967. The van der Waals surface area contributed by atoms with Crippen LogP contribution >= 0.6 is 23.2 Å². The number of ketones is 1. The lowest BCUT2D eigenvalue weighted by Crippen LogP contribution is -2.40. The lowest BCUT2D eigenvalue weighted by molar-refractivity contribution is -0.141. The molecule has 0 atom stereocenters. The molecule has 0 radical (unpaired) electrons. The number of ether oxygens (including phenoxy) is 1. The monoisotopic (exact) mass is 288 g/mol. The number of rotatable bonds is 6. The first-order chi connectivity index (χ1) is 8.49. The standard InChI is InChI=1S/C14H18Cl2O2/c1-4-14(5-2,18-3)13(17)9-10-6-7-11(15)12(16)8-10/h6-8H,4-5,9H2,1-3H3. The zero-order valence-corrected chi connectivity index (χ0v) is 12.4. The van der Waals surface area contributed by atoms with Gasteiger partial charge in [-0.05, 0) is 30.5 Å². The Bertz CT molecular complexity index is 418. The number of hydrogen-bond acceptors (Lipinski definition) is 2. The molecule has 18 heavy (non-hydrogen) atoms. The van der Waals surface area contributed by atoms with Gasteiger partial charge in [-0.2, -0.15) is 0 Å². The normalized spacial score (nSPS) is 11.6. The maximum atomic E-state index is 12.3. The van der Waals surface area contributed by atoms with Crippen molar-refractivity contribution in [2.75, 3.05) is 7.11 Å². The number of methoxy groups -OCH3 is 1. The van der Waals surface area contributed by atoms with Crippen LogP contribution in [0.5, 0.6) is 0 Å². The minimum absolute atomic E-state index is 0.0772. The molecular formula is C14H18Cl2O2. The van der Waals surface area contributed by atoms with Crippen LogP contribution in [0.15, 0.2) is 18.2 Å². The smallest absolute Gasteiger partial charge is 0.168 e. The number of Topliss-reactive ketones (excluding diaryl/α,β-unsaturated/α-hetero) is 1. The highest BCUT2D eigenvalue weighted by molar-refractivity contribution is 6.42. The molecular weight excluding hydrogens is 271 g/mol. The molecule has 2 nitrogen and oxygen atoms in total. The van der Waals surface area contributed by atoms with Crippen LogP contribution in [0.1, 0.15) is 32.3 Å². The molecule has 0 amide bonds. The molecule has 0 aliphatic rings. The minimum atomic E-state index is -0.688. The fourth-order valence-electron chi connectivity index (χ4n) is 2.04. The van der Waals surface area contributed by atoms with E-state index in [0.29, 0.717) is 29.3 Å². The topological polar surface area (TPSA) is 26.3 Å². The molecule has 0 bridgehead atoms. The molecule has 0 aromatic heterocycles. The molecule has 0 aliphatic carbocycles. The van der Waals surface area contributed by atoms with E-state index in [1.165, 1.54) is 0 Å². The third-order valence-electron chi connectivity index (χ3n) is 3.39. The van der Waals surface area contributed by atoms with Gasteiger partial charge in [0.1, 0.15) is 5.60 Å². The third-order valence-corrected chi connectivity index (χ3v) is 4.13. The van der Waals surface area contributed by atoms with Gasteiger partial charge in [-0.3, -0.25) is 4.79 Å². The van der Waals surface area contributed by atoms with Crippen LogP contribution in [-0.2, 0) is 16.0 Å². The Balaban J connectivity index is 2.89. The van der Waals surface area contributed by atoms with E-state index in [-0.39, 0.29) is 5.78 Å². The third kappa shape index (κ3) is 3.25. The second-order valence-electron chi connectivity index (χ2n) is 4.25. The fraction of sp³-hybridized carbons (Fsp3) is 0.500. The molecule has 1 aromatic rings. The van der Waals surface area contributed by atoms with Gasteiger partial charge >= 0.3 is 0 Å². The van der Waals surface area contributed by atoms with E-state index in [4.69, 9.17) is 27.9 Å². The van der Waals surface area contributed by atoms with Crippen molar-refractivity contribution in [3.8, 4) is 0 Å². The fourth-order valence-corrected chi connectivity index (χ4v) is 2.36. The Morgan fingerprint density at radius 1 is 1.22 bits per heavy atom. The second-order valence-corrected chi connectivity index (χ2v) is 5.07. The zero-order chi connectivity index (χ0) is 13.8. The number of halogens is 2. The maximum Gasteiger partial charge on any atom is 0.168 e. The van der Waals surface area contributed by atoms with Crippen molar-refractivity contribution < 1.29 is 9.53 Å². The van der Waals surface area contributed by atoms with Crippen molar-refractivity contribution in [2.24, 2.45) is 0 Å². The summed E-state index contributed by atoms with van der Waals surface area (Å²) in [4.78, 5) is 12.3. The first kappa shape index (κ1) is 15.5. The van der Waals surface area contributed by atoms with Gasteiger partial charge in [0.2, 0.25) is 0 Å². The van der Waals surface area contributed by atoms with Gasteiger partial charge in [0, 0.05) is 13.5 Å². The summed E-state index contributed by atoms with van der Waals surface area (Å²) in [6, 6.07) is 5.25. The van der Waals surface area contributed by atoms with Crippen molar-refractivity contribution in [3.63, 3.8) is 0 Å². The van der Waals surface area contributed by atoms with Crippen LogP contribution in [0.2, 0.25) is 10.0 Å². The first-order valence-corrected chi connectivity index (χ1v) is 6.77. The minimum Gasteiger partial charge on any atom is -0.370 e. The molecule has 100 valence electrons. The quantitative estimate of drug-likeness (QED) is 0.780. The van der Waals surface area contributed by atoms with Gasteiger partial charge in [-0.25, -0.2) is 0 Å². The Hall–Kier alpha value is -0.570. The Morgan fingerprint density at radius 3 is 2.28 bits per heavy atom. The summed E-state index contributed by atoms with van der Waals surface area (Å²) >= 11 is 11.8. The van der Waals surface area contributed by atoms with Crippen LogP contribution in [0.4, 0.5) is 0 Å². The number of carbonyl (C=O) groups excluding carboxylic acids is 1. The summed E-state index contributed by atoms with van der Waals surface area (Å²) in [6.07, 6.45) is 1.65. The summed E-state index contributed by atoms with van der Waals surface area (Å²) in [5.74, 6) is 0.0772. The Kier molecular flexibility index (Phi) is 5.64. The largest absolute Gasteiger partial charge is 0.370 e. The molecule has 1 rings (SSSR count). The highest BCUT2D eigenvalue weighted by atomic mass is 35.5. The molecule has 1 aromatic carbocycles. The van der Waals surface area contributed by atoms with Gasteiger partial charge in [-0.15, -0.1) is 0 Å². The molecule has 0 heterocycles. The highest BCUT2D eigenvalue weighted by Gasteiger charge is 2.34. The lowest BCUT2D eigenvalue weighted by Gasteiger charge is -2.28. The SMILES string of the molecule is CCC(CC)(OC)C(=O)Cc1ccc(Cl)c(Cl)c1. The number of benzene rings is 1. The predicted molar refractivity (Wildman–Crippen MR) is 75.5 cm³/mol. The predicted octanol–water partition coefficient (Wildman–Crippen LogP) is 4.31. The molecule has 0 unspecified atom stereocenters. The zero-order valence-electron chi connectivity index (χ0n) is 10.9. The molecule has 0 N–H and O–H groups in total. The van der Waals surface area contributed by atoms with Crippen molar-refractivity contribution in [1.82, 2.24) is 0 Å². The van der Waals surface area contributed by atoms with Gasteiger partial charge in [0.15, 0.2) is 5.78 Å². The Labute approximate surface area is 118 Å². The van der Waals surface area contributed by atoms with E-state index in [9.17, 15) is 4.79 Å². The van der Waals surface area contributed by atoms with E-state index < -0.39 is 5.60 Å². The molecule has 4 heteroatoms. The summed E-state index contributed by atoms with van der Waals surface area (Å²) in [5.41, 5.74) is 0.171. The van der Waals surface area contributed by atoms with Crippen LogP contribution < -0.4 is 0 Å². The van der Waals surface area contributed by atoms with Gasteiger partial charge in [-0.1, -0.05) is 43.1 Å². The summed E-state index contributed by atoms with van der Waals surface area (Å²) in [7, 11) is 1.58. The molecule has 0 fully saturated rings. The van der Waals surface area contributed by atoms with E-state index in [2.05, 4.69) is 0 Å². The van der Waals surface area contributed by atoms with Crippen molar-refractivity contribution >= 4 is 29.0 Å². The Morgan fingerprint density at radius 2 is 1.83 bits per heavy atom. The van der Waals surface area contributed by atoms with Gasteiger partial charge in [0.25, 0.3) is 0 Å². The number of hydrogen-bond donors (Lipinski definition) is 0. The van der Waals surface area contributed by atoms with Gasteiger partial charge < -0.3 is 4.74 Å². The van der Waals surface area contributed by atoms with Crippen molar-refractivity contribution in [1.29, 1.82) is 0 Å².